The minimum absolute atomic E-state index is 0.0255. The Morgan fingerprint density at radius 3 is 2.24 bits per heavy atom. The fourth-order valence-corrected chi connectivity index (χ4v) is 10.6. The van der Waals surface area contributed by atoms with Crippen molar-refractivity contribution >= 4 is 35.4 Å². The van der Waals surface area contributed by atoms with Gasteiger partial charge in [-0.3, -0.25) is 19.2 Å². The molecule has 3 aliphatic heterocycles. The molecular formula is C53H81NO14. The first-order valence-corrected chi connectivity index (χ1v) is 24.9. The zero-order chi connectivity index (χ0) is 50.5. The minimum atomic E-state index is -2.44. The first-order valence-electron chi connectivity index (χ1n) is 24.9. The van der Waals surface area contributed by atoms with E-state index in [0.717, 1.165) is 11.1 Å². The fourth-order valence-electron chi connectivity index (χ4n) is 10.6. The maximum absolute atomic E-state index is 14.5. The van der Waals surface area contributed by atoms with E-state index in [1.54, 1.807) is 21.0 Å². The number of fused-ring (bicyclic) bond motifs is 3. The van der Waals surface area contributed by atoms with Crippen LogP contribution in [-0.4, -0.2) is 127 Å². The standard InChI is InChI=1S/C53H81NO14/c1-31-17-13-12-14-18-32(2)44(63-9)29-40-22-20-37(7)53(62,68-40)49(57)50(58)54-24-16-15-19-41(54)51(59)66-45(35(5)27-39-21-23-43(67-52(60)61)46(28-39)64-10)30-42(55)34(4)26-33(3)38(8)48(65-11)47(56)36(6)25-31/h12-14,17-18,26,31,34-41,43-46,48,62H,15-16,19-25,27-30H2,1-11H3,(H,60,61)/b14-12+,17-13+,32-18+,33-26+/t31-,34-,35-,36-,37-,38-,39+,40+,41?,43-,44+,45+,46-,48-,53-/m1/s1. The van der Waals surface area contributed by atoms with Gasteiger partial charge in [-0.15, -0.1) is 0 Å². The van der Waals surface area contributed by atoms with E-state index in [2.05, 4.69) is 6.92 Å². The first-order chi connectivity index (χ1) is 32.1. The number of aliphatic hydroxyl groups is 1. The van der Waals surface area contributed by atoms with Crippen molar-refractivity contribution in [1.29, 1.82) is 0 Å². The van der Waals surface area contributed by atoms with E-state index < -0.39 is 84.1 Å². The molecule has 15 nitrogen and oxygen atoms in total. The quantitative estimate of drug-likeness (QED) is 0.141. The Kier molecular flexibility index (Phi) is 21.8. The molecule has 382 valence electrons. The summed E-state index contributed by atoms with van der Waals surface area (Å²) in [5.74, 6) is -7.83. The van der Waals surface area contributed by atoms with Crippen molar-refractivity contribution in [3.8, 4) is 0 Å². The Morgan fingerprint density at radius 2 is 1.57 bits per heavy atom. The summed E-state index contributed by atoms with van der Waals surface area (Å²) < 4.78 is 34.9. The molecule has 0 spiro atoms. The maximum atomic E-state index is 14.5. The highest BCUT2D eigenvalue weighted by molar-refractivity contribution is 6.39. The third-order valence-electron chi connectivity index (χ3n) is 15.1. The summed E-state index contributed by atoms with van der Waals surface area (Å²) in [6.45, 7) is 15.1. The molecular weight excluding hydrogens is 875 g/mol. The number of ether oxygens (including phenoxy) is 6. The topological polar surface area (TPSA) is 201 Å². The number of amides is 1. The van der Waals surface area contributed by atoms with Gasteiger partial charge in [0.15, 0.2) is 5.78 Å². The molecule has 4 rings (SSSR count). The third kappa shape index (κ3) is 15.0. The summed E-state index contributed by atoms with van der Waals surface area (Å²) in [5.41, 5.74) is 1.69. The molecule has 68 heavy (non-hydrogen) atoms. The molecule has 15 atom stereocenters. The molecule has 2 saturated heterocycles. The second kappa shape index (κ2) is 26.3. The van der Waals surface area contributed by atoms with E-state index >= 15 is 0 Å². The van der Waals surface area contributed by atoms with Gasteiger partial charge in [-0.1, -0.05) is 83.6 Å². The van der Waals surface area contributed by atoms with Crippen LogP contribution in [0.1, 0.15) is 132 Å². The van der Waals surface area contributed by atoms with Crippen LogP contribution in [-0.2, 0) is 52.4 Å². The van der Waals surface area contributed by atoms with Crippen LogP contribution in [0.25, 0.3) is 0 Å². The maximum Gasteiger partial charge on any atom is 0.506 e. The number of nitrogens with zero attached hydrogens (tertiary/aromatic N) is 1. The van der Waals surface area contributed by atoms with E-state index in [1.807, 2.05) is 71.1 Å². The Bertz CT molecular complexity index is 1870. The predicted molar refractivity (Wildman–Crippen MR) is 255 cm³/mol. The molecule has 0 aromatic carbocycles. The van der Waals surface area contributed by atoms with Crippen LogP contribution in [0, 0.1) is 41.4 Å². The molecule has 2 bridgehead atoms. The molecule has 1 amide bonds. The number of Topliss-reactive ketones (excluding diaryl/α,β-unsaturated/α-hetero) is 3. The summed E-state index contributed by atoms with van der Waals surface area (Å²) in [6, 6.07) is -1.15. The van der Waals surface area contributed by atoms with Crippen molar-refractivity contribution in [3.63, 3.8) is 0 Å². The predicted octanol–water partition coefficient (Wildman–Crippen LogP) is 8.16. The summed E-state index contributed by atoms with van der Waals surface area (Å²) in [6.07, 6.45) is 11.5. The van der Waals surface area contributed by atoms with E-state index in [1.165, 1.54) is 19.1 Å². The number of ketones is 3. The number of carboxylic acid groups (broad SMARTS) is 1. The third-order valence-corrected chi connectivity index (χ3v) is 15.1. The largest absolute Gasteiger partial charge is 0.506 e. The van der Waals surface area contributed by atoms with Gasteiger partial charge < -0.3 is 43.5 Å². The number of hydrogen-bond donors (Lipinski definition) is 2. The number of carbonyl (C=O) groups is 6. The first kappa shape index (κ1) is 56.6. The van der Waals surface area contributed by atoms with Crippen LogP contribution in [0.5, 0.6) is 0 Å². The van der Waals surface area contributed by atoms with E-state index in [9.17, 15) is 39.0 Å². The molecule has 1 aliphatic carbocycles. The Balaban J connectivity index is 1.70. The van der Waals surface area contributed by atoms with Crippen molar-refractivity contribution < 1.29 is 67.4 Å². The number of rotatable bonds is 7. The molecule has 3 fully saturated rings. The van der Waals surface area contributed by atoms with E-state index in [0.29, 0.717) is 64.2 Å². The lowest BCUT2D eigenvalue weighted by Gasteiger charge is -2.42. The number of allylic oxidation sites excluding steroid dienone is 6. The summed E-state index contributed by atoms with van der Waals surface area (Å²) in [7, 11) is 4.61. The van der Waals surface area contributed by atoms with Crippen LogP contribution < -0.4 is 0 Å². The molecule has 0 radical (unpaired) electrons. The van der Waals surface area contributed by atoms with Crippen molar-refractivity contribution in [2.45, 2.75) is 181 Å². The molecule has 1 unspecified atom stereocenters. The van der Waals surface area contributed by atoms with Crippen molar-refractivity contribution in [3.05, 3.63) is 47.6 Å². The lowest BCUT2D eigenvalue weighted by Crippen LogP contribution is -2.61. The van der Waals surface area contributed by atoms with Gasteiger partial charge in [-0.25, -0.2) is 9.59 Å². The van der Waals surface area contributed by atoms with Gasteiger partial charge in [-0.2, -0.15) is 0 Å². The second-order valence-electron chi connectivity index (χ2n) is 20.3. The van der Waals surface area contributed by atoms with Crippen LogP contribution in [0.4, 0.5) is 4.79 Å². The molecule has 2 N–H and O–H groups in total. The molecule has 3 heterocycles. The smallest absolute Gasteiger partial charge is 0.460 e. The number of esters is 1. The zero-order valence-electron chi connectivity index (χ0n) is 42.5. The van der Waals surface area contributed by atoms with E-state index in [4.69, 9.17) is 28.4 Å². The Labute approximate surface area is 404 Å². The monoisotopic (exact) mass is 956 g/mol. The second-order valence-corrected chi connectivity index (χ2v) is 20.3. The molecule has 1 saturated carbocycles. The summed E-state index contributed by atoms with van der Waals surface area (Å²) in [4.78, 5) is 83.7. The van der Waals surface area contributed by atoms with E-state index in [-0.39, 0.29) is 60.5 Å². The van der Waals surface area contributed by atoms with Crippen molar-refractivity contribution in [2.75, 3.05) is 27.9 Å². The summed E-state index contributed by atoms with van der Waals surface area (Å²) in [5, 5.41) is 21.3. The van der Waals surface area contributed by atoms with Gasteiger partial charge in [0, 0.05) is 64.4 Å². The highest BCUT2D eigenvalue weighted by Crippen LogP contribution is 2.38. The van der Waals surface area contributed by atoms with Gasteiger partial charge in [-0.05, 0) is 101 Å². The average Bonchev–Trinajstić information content (AvgIpc) is 3.30. The lowest BCUT2D eigenvalue weighted by atomic mass is 9.78. The van der Waals surface area contributed by atoms with Crippen molar-refractivity contribution in [1.82, 2.24) is 4.90 Å². The number of cyclic esters (lactones) is 1. The van der Waals surface area contributed by atoms with Gasteiger partial charge in [0.2, 0.25) is 5.79 Å². The highest BCUT2D eigenvalue weighted by Gasteiger charge is 2.53. The van der Waals surface area contributed by atoms with Crippen LogP contribution >= 0.6 is 0 Å². The molecule has 0 aromatic rings. The van der Waals surface area contributed by atoms with Crippen molar-refractivity contribution in [2.24, 2.45) is 41.4 Å². The number of hydrogen-bond acceptors (Lipinski definition) is 13. The SMILES string of the molecule is CO[C@H]1C[C@@H]2CC[C@@H](C)[C@@](O)(O2)C(=O)C(=O)N2CCCCC2C(=O)O[C@H]([C@H](C)C[C@@H]2CC[C@@H](OC(=O)O)[C@H](OC)C2)CC(=O)[C@H](C)/C=C(\C)[C@@H](C)[C@@H](OC)C(=O)[C@H](C)C[C@H](C)/C=C/C=C/C=C/1C. The Hall–Kier alpha value is -4.02. The fraction of sp³-hybridized carbons (Fsp3) is 0.736. The van der Waals surface area contributed by atoms with Gasteiger partial charge in [0.05, 0.1) is 18.3 Å². The summed E-state index contributed by atoms with van der Waals surface area (Å²) >= 11 is 0. The highest BCUT2D eigenvalue weighted by atomic mass is 16.7. The number of methoxy groups -OCH3 is 3. The normalized spacial score (nSPS) is 39.0. The molecule has 4 aliphatic rings. The van der Waals surface area contributed by atoms with Gasteiger partial charge in [0.1, 0.15) is 30.1 Å². The Morgan fingerprint density at radius 1 is 0.853 bits per heavy atom. The van der Waals surface area contributed by atoms with Gasteiger partial charge in [0.25, 0.3) is 11.7 Å². The number of carbonyl (C=O) groups excluding carboxylic acids is 5. The molecule has 15 heteroatoms. The van der Waals surface area contributed by atoms with Gasteiger partial charge >= 0.3 is 12.1 Å². The zero-order valence-corrected chi connectivity index (χ0v) is 42.5. The van der Waals surface area contributed by atoms with Crippen LogP contribution in [0.2, 0.25) is 0 Å². The number of piperidine rings is 1. The van der Waals surface area contributed by atoms with Crippen LogP contribution in [0.15, 0.2) is 47.6 Å². The molecule has 0 aromatic heterocycles. The average molecular weight is 956 g/mol. The minimum Gasteiger partial charge on any atom is -0.460 e. The lowest BCUT2D eigenvalue weighted by molar-refractivity contribution is -0.265. The van der Waals surface area contributed by atoms with Crippen LogP contribution in [0.3, 0.4) is 0 Å².